The molecule has 1 N–H and O–H groups in total. The number of hydrogen-bond acceptors (Lipinski definition) is 1. The third kappa shape index (κ3) is 3.82. The summed E-state index contributed by atoms with van der Waals surface area (Å²) in [5, 5.41) is 3.64. The van der Waals surface area contributed by atoms with Crippen LogP contribution in [0.1, 0.15) is 52.0 Å². The van der Waals surface area contributed by atoms with Crippen molar-refractivity contribution in [3.8, 4) is 0 Å². The van der Waals surface area contributed by atoms with Crippen LogP contribution in [-0.4, -0.2) is 13.1 Å². The first-order valence-corrected chi connectivity index (χ1v) is 7.79. The zero-order valence-corrected chi connectivity index (χ0v) is 12.9. The second-order valence-electron chi connectivity index (χ2n) is 7.09. The standard InChI is InChI=1S/C18H29N/c1-5-11-19-13-17(18(2,3)4)16-12-15(16)14-9-7-6-8-10-14/h6-10,15-17,19H,5,11-13H2,1-4H3. The predicted molar refractivity (Wildman–Crippen MR) is 83.4 cm³/mol. The summed E-state index contributed by atoms with van der Waals surface area (Å²) in [5.41, 5.74) is 1.94. The van der Waals surface area contributed by atoms with Crippen LogP contribution in [0.2, 0.25) is 0 Å². The van der Waals surface area contributed by atoms with Crippen molar-refractivity contribution in [1.82, 2.24) is 5.32 Å². The lowest BCUT2D eigenvalue weighted by atomic mass is 9.76. The molecule has 106 valence electrons. The van der Waals surface area contributed by atoms with Crippen molar-refractivity contribution in [1.29, 1.82) is 0 Å². The van der Waals surface area contributed by atoms with Gasteiger partial charge in [-0.3, -0.25) is 0 Å². The van der Waals surface area contributed by atoms with Gasteiger partial charge < -0.3 is 5.32 Å². The van der Waals surface area contributed by atoms with E-state index in [1.807, 2.05) is 0 Å². The molecule has 0 saturated heterocycles. The number of benzene rings is 1. The van der Waals surface area contributed by atoms with Gasteiger partial charge in [0.25, 0.3) is 0 Å². The summed E-state index contributed by atoms with van der Waals surface area (Å²) >= 11 is 0. The van der Waals surface area contributed by atoms with Crippen molar-refractivity contribution in [3.63, 3.8) is 0 Å². The average Bonchev–Trinajstić information content (AvgIpc) is 3.14. The highest BCUT2D eigenvalue weighted by atomic mass is 14.9. The van der Waals surface area contributed by atoms with Crippen LogP contribution in [0, 0.1) is 17.3 Å². The van der Waals surface area contributed by atoms with Crippen molar-refractivity contribution in [2.45, 2.75) is 46.5 Å². The van der Waals surface area contributed by atoms with Crippen LogP contribution in [-0.2, 0) is 0 Å². The van der Waals surface area contributed by atoms with Crippen LogP contribution >= 0.6 is 0 Å². The second kappa shape index (κ2) is 6.09. The van der Waals surface area contributed by atoms with E-state index in [1.165, 1.54) is 24.9 Å². The van der Waals surface area contributed by atoms with Crippen LogP contribution in [0.5, 0.6) is 0 Å². The Morgan fingerprint density at radius 2 is 1.89 bits per heavy atom. The van der Waals surface area contributed by atoms with E-state index in [9.17, 15) is 0 Å². The average molecular weight is 259 g/mol. The van der Waals surface area contributed by atoms with Gasteiger partial charge in [-0.1, -0.05) is 58.0 Å². The molecule has 0 amide bonds. The quantitative estimate of drug-likeness (QED) is 0.744. The summed E-state index contributed by atoms with van der Waals surface area (Å²) in [6.07, 6.45) is 2.60. The van der Waals surface area contributed by atoms with E-state index in [2.05, 4.69) is 63.3 Å². The molecule has 1 nitrogen and oxygen atoms in total. The Morgan fingerprint density at radius 1 is 1.21 bits per heavy atom. The first-order valence-electron chi connectivity index (χ1n) is 7.79. The van der Waals surface area contributed by atoms with Crippen molar-refractivity contribution in [2.75, 3.05) is 13.1 Å². The van der Waals surface area contributed by atoms with Gasteiger partial charge in [0.1, 0.15) is 0 Å². The fourth-order valence-corrected chi connectivity index (χ4v) is 3.28. The van der Waals surface area contributed by atoms with Gasteiger partial charge >= 0.3 is 0 Å². The molecule has 0 aromatic heterocycles. The number of hydrogen-bond donors (Lipinski definition) is 1. The molecule has 1 fully saturated rings. The van der Waals surface area contributed by atoms with E-state index in [0.29, 0.717) is 5.41 Å². The minimum absolute atomic E-state index is 0.398. The van der Waals surface area contributed by atoms with E-state index >= 15 is 0 Å². The molecule has 2 rings (SSSR count). The lowest BCUT2D eigenvalue weighted by Gasteiger charge is -2.32. The molecular weight excluding hydrogens is 230 g/mol. The lowest BCUT2D eigenvalue weighted by Crippen LogP contribution is -2.34. The fourth-order valence-electron chi connectivity index (χ4n) is 3.28. The van der Waals surface area contributed by atoms with E-state index < -0.39 is 0 Å². The molecular formula is C18H29N. The zero-order valence-electron chi connectivity index (χ0n) is 12.9. The Bertz CT molecular complexity index is 376. The van der Waals surface area contributed by atoms with Crippen LogP contribution in [0.25, 0.3) is 0 Å². The molecule has 1 aliphatic rings. The van der Waals surface area contributed by atoms with Gasteiger partial charge in [0, 0.05) is 0 Å². The highest BCUT2D eigenvalue weighted by Crippen LogP contribution is 2.55. The number of nitrogens with one attached hydrogen (secondary N) is 1. The third-order valence-electron chi connectivity index (χ3n) is 4.49. The first kappa shape index (κ1) is 14.6. The van der Waals surface area contributed by atoms with Gasteiger partial charge in [0.2, 0.25) is 0 Å². The van der Waals surface area contributed by atoms with Crippen molar-refractivity contribution in [2.24, 2.45) is 17.3 Å². The monoisotopic (exact) mass is 259 g/mol. The summed E-state index contributed by atoms with van der Waals surface area (Å²) in [4.78, 5) is 0. The molecule has 1 aliphatic carbocycles. The lowest BCUT2D eigenvalue weighted by molar-refractivity contribution is 0.201. The number of rotatable bonds is 6. The topological polar surface area (TPSA) is 12.0 Å². The normalized spacial score (nSPS) is 24.2. The largest absolute Gasteiger partial charge is 0.316 e. The molecule has 3 unspecified atom stereocenters. The molecule has 0 radical (unpaired) electrons. The Morgan fingerprint density at radius 3 is 2.47 bits per heavy atom. The van der Waals surface area contributed by atoms with Crippen molar-refractivity contribution in [3.05, 3.63) is 35.9 Å². The van der Waals surface area contributed by atoms with Gasteiger partial charge in [-0.05, 0) is 54.7 Å². The molecule has 0 bridgehead atoms. The second-order valence-corrected chi connectivity index (χ2v) is 7.09. The Labute approximate surface area is 118 Å². The van der Waals surface area contributed by atoms with Crippen LogP contribution in [0.15, 0.2) is 30.3 Å². The minimum Gasteiger partial charge on any atom is -0.316 e. The van der Waals surface area contributed by atoms with Crippen molar-refractivity contribution >= 4 is 0 Å². The third-order valence-corrected chi connectivity index (χ3v) is 4.49. The molecule has 1 aromatic rings. The Balaban J connectivity index is 1.98. The fraction of sp³-hybridized carbons (Fsp3) is 0.667. The molecule has 0 aliphatic heterocycles. The van der Waals surface area contributed by atoms with E-state index in [0.717, 1.165) is 24.3 Å². The highest BCUT2D eigenvalue weighted by molar-refractivity contribution is 5.26. The molecule has 1 aromatic carbocycles. The molecule has 3 atom stereocenters. The van der Waals surface area contributed by atoms with E-state index in [4.69, 9.17) is 0 Å². The Kier molecular flexibility index (Phi) is 4.67. The summed E-state index contributed by atoms with van der Waals surface area (Å²) < 4.78 is 0. The highest BCUT2D eigenvalue weighted by Gasteiger charge is 2.47. The van der Waals surface area contributed by atoms with Gasteiger partial charge in [-0.2, -0.15) is 0 Å². The SMILES string of the molecule is CCCNCC(C1CC1c1ccccc1)C(C)(C)C. The smallest absolute Gasteiger partial charge is 0.00126 e. The van der Waals surface area contributed by atoms with Crippen LogP contribution < -0.4 is 5.32 Å². The van der Waals surface area contributed by atoms with Gasteiger partial charge in [-0.25, -0.2) is 0 Å². The minimum atomic E-state index is 0.398. The maximum Gasteiger partial charge on any atom is -0.00126 e. The van der Waals surface area contributed by atoms with Crippen LogP contribution in [0.4, 0.5) is 0 Å². The van der Waals surface area contributed by atoms with Crippen molar-refractivity contribution < 1.29 is 0 Å². The molecule has 19 heavy (non-hydrogen) atoms. The van der Waals surface area contributed by atoms with Gasteiger partial charge in [0.15, 0.2) is 0 Å². The van der Waals surface area contributed by atoms with E-state index in [1.54, 1.807) is 0 Å². The first-order chi connectivity index (χ1) is 9.04. The summed E-state index contributed by atoms with van der Waals surface area (Å²) in [6, 6.07) is 11.1. The molecule has 1 heteroatoms. The predicted octanol–water partition coefficient (Wildman–Crippen LogP) is 4.45. The molecule has 0 heterocycles. The van der Waals surface area contributed by atoms with Gasteiger partial charge in [-0.15, -0.1) is 0 Å². The summed E-state index contributed by atoms with van der Waals surface area (Å²) in [5.74, 6) is 2.45. The molecule has 1 saturated carbocycles. The van der Waals surface area contributed by atoms with Gasteiger partial charge in [0.05, 0.1) is 0 Å². The van der Waals surface area contributed by atoms with E-state index in [-0.39, 0.29) is 0 Å². The summed E-state index contributed by atoms with van der Waals surface area (Å²) in [6.45, 7) is 11.7. The van der Waals surface area contributed by atoms with Crippen LogP contribution in [0.3, 0.4) is 0 Å². The maximum atomic E-state index is 3.64. The maximum absolute atomic E-state index is 3.64. The molecule has 0 spiro atoms. The Hall–Kier alpha value is -0.820. The summed E-state index contributed by atoms with van der Waals surface area (Å²) in [7, 11) is 0. The zero-order chi connectivity index (χ0) is 13.9.